The first-order chi connectivity index (χ1) is 11.5. The van der Waals surface area contributed by atoms with Crippen LogP contribution in [0.2, 0.25) is 0 Å². The summed E-state index contributed by atoms with van der Waals surface area (Å²) in [4.78, 5) is 36.1. The zero-order valence-corrected chi connectivity index (χ0v) is 13.0. The Balaban J connectivity index is 2.39. The third kappa shape index (κ3) is 4.16. The smallest absolute Gasteiger partial charge is 0.326 e. The average Bonchev–Trinajstić information content (AvgIpc) is 2.60. The molecule has 0 saturated heterocycles. The fourth-order valence-electron chi connectivity index (χ4n) is 2.13. The molecule has 0 bridgehead atoms. The molecule has 0 saturated carbocycles. The molecule has 24 heavy (non-hydrogen) atoms. The largest absolute Gasteiger partial charge is 0.465 e. The number of anilines is 1. The van der Waals surface area contributed by atoms with Gasteiger partial charge in [-0.05, 0) is 25.1 Å². The van der Waals surface area contributed by atoms with Crippen LogP contribution in [0.25, 0.3) is 0 Å². The Kier molecular flexibility index (Phi) is 5.62. The lowest BCUT2D eigenvalue weighted by Crippen LogP contribution is -2.36. The number of nitro groups is 1. The van der Waals surface area contributed by atoms with Crippen molar-refractivity contribution < 1.29 is 19.2 Å². The van der Waals surface area contributed by atoms with Crippen molar-refractivity contribution in [2.75, 3.05) is 18.1 Å². The molecule has 0 N–H and O–H groups in total. The molecule has 0 aliphatic carbocycles. The van der Waals surface area contributed by atoms with E-state index in [-0.39, 0.29) is 24.5 Å². The summed E-state index contributed by atoms with van der Waals surface area (Å²) in [6.45, 7) is 1.51. The molecule has 0 aliphatic heterocycles. The van der Waals surface area contributed by atoms with Gasteiger partial charge in [0.15, 0.2) is 0 Å². The van der Waals surface area contributed by atoms with Crippen molar-refractivity contribution in [3.05, 3.63) is 70.3 Å². The molecule has 0 fully saturated rings. The van der Waals surface area contributed by atoms with Gasteiger partial charge in [-0.1, -0.05) is 24.3 Å². The van der Waals surface area contributed by atoms with E-state index >= 15 is 0 Å². The van der Waals surface area contributed by atoms with Crippen molar-refractivity contribution >= 4 is 23.3 Å². The SMILES string of the molecule is CCOC(=O)CN(C(=O)c1ccccc1)c1cccc([N+](=O)[O-])c1. The number of esters is 1. The molecular formula is C17H16N2O5. The number of non-ortho nitro benzene ring substituents is 1. The van der Waals surface area contributed by atoms with Crippen LogP contribution in [0.1, 0.15) is 17.3 Å². The highest BCUT2D eigenvalue weighted by Gasteiger charge is 2.22. The fraction of sp³-hybridized carbons (Fsp3) is 0.176. The number of nitro benzene ring substituents is 1. The highest BCUT2D eigenvalue weighted by atomic mass is 16.6. The monoisotopic (exact) mass is 328 g/mol. The van der Waals surface area contributed by atoms with E-state index in [0.717, 1.165) is 0 Å². The van der Waals surface area contributed by atoms with Gasteiger partial charge in [0.25, 0.3) is 11.6 Å². The zero-order chi connectivity index (χ0) is 17.5. The van der Waals surface area contributed by atoms with Gasteiger partial charge >= 0.3 is 5.97 Å². The van der Waals surface area contributed by atoms with Crippen molar-refractivity contribution in [2.24, 2.45) is 0 Å². The molecule has 0 radical (unpaired) electrons. The number of rotatable bonds is 6. The predicted octanol–water partition coefficient (Wildman–Crippen LogP) is 2.80. The van der Waals surface area contributed by atoms with E-state index in [1.807, 2.05) is 0 Å². The summed E-state index contributed by atoms with van der Waals surface area (Å²) in [6.07, 6.45) is 0. The molecule has 0 unspecified atom stereocenters. The van der Waals surface area contributed by atoms with Crippen LogP contribution in [0.5, 0.6) is 0 Å². The number of amides is 1. The van der Waals surface area contributed by atoms with Gasteiger partial charge in [0.2, 0.25) is 0 Å². The van der Waals surface area contributed by atoms with Crippen LogP contribution in [0.15, 0.2) is 54.6 Å². The molecule has 124 valence electrons. The lowest BCUT2D eigenvalue weighted by molar-refractivity contribution is -0.384. The van der Waals surface area contributed by atoms with Crippen LogP contribution in [-0.4, -0.2) is 30.0 Å². The maximum absolute atomic E-state index is 12.7. The summed E-state index contributed by atoms with van der Waals surface area (Å²) in [5, 5.41) is 11.0. The Hall–Kier alpha value is -3.22. The van der Waals surface area contributed by atoms with Crippen molar-refractivity contribution in [3.63, 3.8) is 0 Å². The number of ether oxygens (including phenoxy) is 1. The van der Waals surface area contributed by atoms with Crippen LogP contribution >= 0.6 is 0 Å². The van der Waals surface area contributed by atoms with Gasteiger partial charge in [-0.2, -0.15) is 0 Å². The van der Waals surface area contributed by atoms with E-state index in [0.29, 0.717) is 5.56 Å². The molecule has 0 aromatic heterocycles. The van der Waals surface area contributed by atoms with Crippen LogP contribution in [0.3, 0.4) is 0 Å². The van der Waals surface area contributed by atoms with Crippen molar-refractivity contribution in [2.45, 2.75) is 6.92 Å². The van der Waals surface area contributed by atoms with E-state index < -0.39 is 16.8 Å². The molecule has 0 aliphatic rings. The number of carbonyl (C=O) groups excluding carboxylic acids is 2. The molecule has 2 aromatic carbocycles. The van der Waals surface area contributed by atoms with Crippen LogP contribution in [-0.2, 0) is 9.53 Å². The molecule has 0 heterocycles. The van der Waals surface area contributed by atoms with Crippen molar-refractivity contribution in [3.8, 4) is 0 Å². The highest BCUT2D eigenvalue weighted by molar-refractivity contribution is 6.08. The number of benzene rings is 2. The number of hydrogen-bond acceptors (Lipinski definition) is 5. The van der Waals surface area contributed by atoms with E-state index in [1.54, 1.807) is 37.3 Å². The summed E-state index contributed by atoms with van der Waals surface area (Å²) in [5.74, 6) is -1.03. The van der Waals surface area contributed by atoms with Crippen molar-refractivity contribution in [1.82, 2.24) is 0 Å². The molecule has 1 amide bonds. The second kappa shape index (κ2) is 7.87. The molecule has 2 rings (SSSR count). The van der Waals surface area contributed by atoms with E-state index in [9.17, 15) is 19.7 Å². The van der Waals surface area contributed by atoms with Crippen LogP contribution in [0, 0.1) is 10.1 Å². The quantitative estimate of drug-likeness (QED) is 0.462. The topological polar surface area (TPSA) is 89.8 Å². The summed E-state index contributed by atoms with van der Waals surface area (Å²) in [6, 6.07) is 13.9. The minimum atomic E-state index is -0.590. The first kappa shape index (κ1) is 17.1. The third-order valence-electron chi connectivity index (χ3n) is 3.21. The van der Waals surface area contributed by atoms with Gasteiger partial charge in [-0.3, -0.25) is 24.6 Å². The summed E-state index contributed by atoms with van der Waals surface area (Å²) >= 11 is 0. The minimum Gasteiger partial charge on any atom is -0.465 e. The molecule has 0 spiro atoms. The normalized spacial score (nSPS) is 10.0. The second-order valence-corrected chi connectivity index (χ2v) is 4.84. The molecule has 2 aromatic rings. The Morgan fingerprint density at radius 2 is 1.83 bits per heavy atom. The summed E-state index contributed by atoms with van der Waals surface area (Å²) < 4.78 is 4.89. The Morgan fingerprint density at radius 3 is 2.46 bits per heavy atom. The first-order valence-corrected chi connectivity index (χ1v) is 7.30. The van der Waals surface area contributed by atoms with Gasteiger partial charge in [0.1, 0.15) is 6.54 Å². The van der Waals surface area contributed by atoms with Gasteiger partial charge in [-0.15, -0.1) is 0 Å². The third-order valence-corrected chi connectivity index (χ3v) is 3.21. The fourth-order valence-corrected chi connectivity index (χ4v) is 2.13. The highest BCUT2D eigenvalue weighted by Crippen LogP contribution is 2.23. The predicted molar refractivity (Wildman–Crippen MR) is 87.8 cm³/mol. The van der Waals surface area contributed by atoms with Gasteiger partial charge in [0, 0.05) is 17.7 Å². The van der Waals surface area contributed by atoms with Gasteiger partial charge < -0.3 is 4.74 Å². The average molecular weight is 328 g/mol. The van der Waals surface area contributed by atoms with E-state index in [1.165, 1.54) is 29.2 Å². The number of carbonyl (C=O) groups is 2. The molecule has 0 atom stereocenters. The minimum absolute atomic E-state index is 0.165. The summed E-state index contributed by atoms with van der Waals surface area (Å²) in [5.41, 5.74) is 0.460. The molecule has 7 nitrogen and oxygen atoms in total. The maximum Gasteiger partial charge on any atom is 0.326 e. The van der Waals surface area contributed by atoms with Crippen molar-refractivity contribution in [1.29, 1.82) is 0 Å². The first-order valence-electron chi connectivity index (χ1n) is 7.30. The standard InChI is InChI=1S/C17H16N2O5/c1-2-24-16(20)12-18(17(21)13-7-4-3-5-8-13)14-9-6-10-15(11-14)19(22)23/h3-11H,2,12H2,1H3. The van der Waals surface area contributed by atoms with Crippen LogP contribution in [0.4, 0.5) is 11.4 Å². The Morgan fingerprint density at radius 1 is 1.12 bits per heavy atom. The number of hydrogen-bond donors (Lipinski definition) is 0. The molecule has 7 heteroatoms. The van der Waals surface area contributed by atoms with Crippen LogP contribution < -0.4 is 4.90 Å². The number of nitrogens with zero attached hydrogens (tertiary/aromatic N) is 2. The Bertz CT molecular complexity index is 746. The van der Waals surface area contributed by atoms with E-state index in [4.69, 9.17) is 4.74 Å². The second-order valence-electron chi connectivity index (χ2n) is 4.84. The lowest BCUT2D eigenvalue weighted by Gasteiger charge is -2.21. The maximum atomic E-state index is 12.7. The summed E-state index contributed by atoms with van der Waals surface area (Å²) in [7, 11) is 0. The Labute approximate surface area is 138 Å². The van der Waals surface area contributed by atoms with Gasteiger partial charge in [0.05, 0.1) is 17.2 Å². The van der Waals surface area contributed by atoms with Gasteiger partial charge in [-0.25, -0.2) is 0 Å². The zero-order valence-electron chi connectivity index (χ0n) is 13.0. The molecular weight excluding hydrogens is 312 g/mol. The lowest BCUT2D eigenvalue weighted by atomic mass is 10.1. The van der Waals surface area contributed by atoms with E-state index in [2.05, 4.69) is 0 Å².